The zero-order valence-corrected chi connectivity index (χ0v) is 12.2. The van der Waals surface area contributed by atoms with Gasteiger partial charge in [-0.1, -0.05) is 60.7 Å². The molecule has 2 aromatic rings. The summed E-state index contributed by atoms with van der Waals surface area (Å²) in [6.07, 6.45) is 0.556. The summed E-state index contributed by atoms with van der Waals surface area (Å²) in [7, 11) is 2.07. The molecule has 0 unspecified atom stereocenters. The maximum Gasteiger partial charge on any atom is 0.0942 e. The maximum atomic E-state index is 10.4. The van der Waals surface area contributed by atoms with Gasteiger partial charge in [0.1, 0.15) is 0 Å². The first-order valence-electron chi connectivity index (χ1n) is 7.15. The molecule has 2 atom stereocenters. The van der Waals surface area contributed by atoms with E-state index < -0.39 is 6.10 Å². The second-order valence-corrected chi connectivity index (χ2v) is 5.31. The third-order valence-corrected chi connectivity index (χ3v) is 3.89. The van der Waals surface area contributed by atoms with Crippen LogP contribution in [-0.2, 0) is 6.42 Å². The Bertz CT molecular complexity index is 497. The largest absolute Gasteiger partial charge is 0.387 e. The van der Waals surface area contributed by atoms with Gasteiger partial charge in [-0.2, -0.15) is 0 Å². The van der Waals surface area contributed by atoms with E-state index in [4.69, 9.17) is 0 Å². The minimum Gasteiger partial charge on any atom is -0.387 e. The Kier molecular flexibility index (Phi) is 5.33. The first kappa shape index (κ1) is 14.8. The van der Waals surface area contributed by atoms with Crippen molar-refractivity contribution in [1.82, 2.24) is 4.90 Å². The van der Waals surface area contributed by atoms with Crippen molar-refractivity contribution in [1.29, 1.82) is 0 Å². The van der Waals surface area contributed by atoms with E-state index in [0.717, 1.165) is 18.5 Å². The lowest BCUT2D eigenvalue weighted by atomic mass is 10.0. The summed E-state index contributed by atoms with van der Waals surface area (Å²) >= 11 is 0. The molecule has 0 heterocycles. The molecule has 0 saturated heterocycles. The highest BCUT2D eigenvalue weighted by Gasteiger charge is 2.19. The van der Waals surface area contributed by atoms with Crippen LogP contribution < -0.4 is 0 Å². The van der Waals surface area contributed by atoms with Crippen molar-refractivity contribution in [2.45, 2.75) is 25.5 Å². The van der Waals surface area contributed by atoms with Crippen molar-refractivity contribution >= 4 is 0 Å². The van der Waals surface area contributed by atoms with Crippen LogP contribution in [0.3, 0.4) is 0 Å². The van der Waals surface area contributed by atoms with Crippen molar-refractivity contribution in [3.63, 3.8) is 0 Å². The molecule has 0 spiro atoms. The van der Waals surface area contributed by atoms with E-state index in [9.17, 15) is 5.11 Å². The highest BCUT2D eigenvalue weighted by atomic mass is 16.3. The van der Waals surface area contributed by atoms with Crippen LogP contribution in [0, 0.1) is 0 Å². The molecule has 0 saturated carbocycles. The average molecular weight is 269 g/mol. The van der Waals surface area contributed by atoms with E-state index in [1.807, 2.05) is 36.4 Å². The molecule has 2 aromatic carbocycles. The lowest BCUT2D eigenvalue weighted by molar-refractivity contribution is 0.0732. The van der Waals surface area contributed by atoms with Crippen molar-refractivity contribution in [3.05, 3.63) is 71.8 Å². The predicted molar refractivity (Wildman–Crippen MR) is 83.6 cm³/mol. The molecule has 20 heavy (non-hydrogen) atoms. The molecule has 2 rings (SSSR count). The standard InChI is InChI=1S/C18H23NO/c1-15(18(20)17-11-7-4-8-12-17)19(2)14-13-16-9-5-3-6-10-16/h3-12,15,18,20H,13-14H2,1-2H3/t15-,18-/m0/s1. The summed E-state index contributed by atoms with van der Waals surface area (Å²) < 4.78 is 0. The number of likely N-dealkylation sites (N-methyl/N-ethyl adjacent to an activating group) is 1. The van der Waals surface area contributed by atoms with Gasteiger partial charge in [0, 0.05) is 12.6 Å². The zero-order valence-electron chi connectivity index (χ0n) is 12.2. The van der Waals surface area contributed by atoms with Crippen LogP contribution in [0.4, 0.5) is 0 Å². The minimum atomic E-state index is -0.447. The molecular formula is C18H23NO. The van der Waals surface area contributed by atoms with Gasteiger partial charge in [0.25, 0.3) is 0 Å². The molecule has 0 aromatic heterocycles. The molecule has 0 fully saturated rings. The smallest absolute Gasteiger partial charge is 0.0942 e. The Hall–Kier alpha value is -1.64. The highest BCUT2D eigenvalue weighted by Crippen LogP contribution is 2.19. The molecule has 0 radical (unpaired) electrons. The van der Waals surface area contributed by atoms with E-state index in [1.165, 1.54) is 5.56 Å². The van der Waals surface area contributed by atoms with E-state index in [1.54, 1.807) is 0 Å². The van der Waals surface area contributed by atoms with Crippen LogP contribution in [0.1, 0.15) is 24.2 Å². The van der Waals surface area contributed by atoms with Crippen LogP contribution in [0.5, 0.6) is 0 Å². The Morgan fingerprint density at radius 1 is 0.950 bits per heavy atom. The third-order valence-electron chi connectivity index (χ3n) is 3.89. The zero-order chi connectivity index (χ0) is 14.4. The summed E-state index contributed by atoms with van der Waals surface area (Å²) in [5, 5.41) is 10.4. The molecule has 0 aliphatic heterocycles. The SMILES string of the molecule is C[C@@H]([C@H](O)c1ccccc1)N(C)CCc1ccccc1. The van der Waals surface area contributed by atoms with Gasteiger partial charge in [0.15, 0.2) is 0 Å². The lowest BCUT2D eigenvalue weighted by Gasteiger charge is -2.29. The number of hydrogen-bond acceptors (Lipinski definition) is 2. The summed E-state index contributed by atoms with van der Waals surface area (Å²) in [5.41, 5.74) is 2.31. The van der Waals surface area contributed by atoms with E-state index in [0.29, 0.717) is 0 Å². The fourth-order valence-electron chi connectivity index (χ4n) is 2.32. The summed E-state index contributed by atoms with van der Waals surface area (Å²) in [6.45, 7) is 3.01. The average Bonchev–Trinajstić information content (AvgIpc) is 2.53. The summed E-state index contributed by atoms with van der Waals surface area (Å²) in [4.78, 5) is 2.21. The number of nitrogens with zero attached hydrogens (tertiary/aromatic N) is 1. The molecule has 1 N–H and O–H groups in total. The molecule has 0 bridgehead atoms. The number of aliphatic hydroxyl groups excluding tert-OH is 1. The van der Waals surface area contributed by atoms with Crippen LogP contribution in [-0.4, -0.2) is 29.6 Å². The predicted octanol–water partition coefficient (Wildman–Crippen LogP) is 3.28. The van der Waals surface area contributed by atoms with Crippen molar-refractivity contribution in [2.75, 3.05) is 13.6 Å². The fraction of sp³-hybridized carbons (Fsp3) is 0.333. The number of benzene rings is 2. The van der Waals surface area contributed by atoms with Crippen LogP contribution in [0.2, 0.25) is 0 Å². The van der Waals surface area contributed by atoms with E-state index >= 15 is 0 Å². The molecule has 2 heteroatoms. The first-order chi connectivity index (χ1) is 9.68. The summed E-state index contributed by atoms with van der Waals surface area (Å²) in [5.74, 6) is 0. The maximum absolute atomic E-state index is 10.4. The highest BCUT2D eigenvalue weighted by molar-refractivity contribution is 5.19. The molecule has 0 aliphatic carbocycles. The third kappa shape index (κ3) is 3.92. The molecule has 2 nitrogen and oxygen atoms in total. The molecular weight excluding hydrogens is 246 g/mol. The molecule has 0 amide bonds. The topological polar surface area (TPSA) is 23.5 Å². The van der Waals surface area contributed by atoms with Gasteiger partial charge in [0.2, 0.25) is 0 Å². The van der Waals surface area contributed by atoms with Gasteiger partial charge in [-0.15, -0.1) is 0 Å². The quantitative estimate of drug-likeness (QED) is 0.870. The Morgan fingerprint density at radius 3 is 2.10 bits per heavy atom. The van der Waals surface area contributed by atoms with Crippen LogP contribution in [0.15, 0.2) is 60.7 Å². The van der Waals surface area contributed by atoms with Gasteiger partial charge in [-0.25, -0.2) is 0 Å². The fourth-order valence-corrected chi connectivity index (χ4v) is 2.32. The molecule has 0 aliphatic rings. The van der Waals surface area contributed by atoms with Crippen molar-refractivity contribution in [2.24, 2.45) is 0 Å². The van der Waals surface area contributed by atoms with Gasteiger partial charge in [-0.3, -0.25) is 0 Å². The van der Waals surface area contributed by atoms with Gasteiger partial charge in [-0.05, 0) is 31.5 Å². The number of hydrogen-bond donors (Lipinski definition) is 1. The summed E-state index contributed by atoms with van der Waals surface area (Å²) in [6, 6.07) is 20.4. The van der Waals surface area contributed by atoms with Crippen molar-refractivity contribution in [3.8, 4) is 0 Å². The normalized spacial score (nSPS) is 14.2. The van der Waals surface area contributed by atoms with Crippen molar-refractivity contribution < 1.29 is 5.11 Å². The van der Waals surface area contributed by atoms with Gasteiger partial charge in [0.05, 0.1) is 6.10 Å². The van der Waals surface area contributed by atoms with E-state index in [2.05, 4.69) is 43.1 Å². The first-order valence-corrected chi connectivity index (χ1v) is 7.15. The Morgan fingerprint density at radius 2 is 1.50 bits per heavy atom. The number of rotatable bonds is 6. The lowest BCUT2D eigenvalue weighted by Crippen LogP contribution is -2.35. The second kappa shape index (κ2) is 7.22. The van der Waals surface area contributed by atoms with E-state index in [-0.39, 0.29) is 6.04 Å². The second-order valence-electron chi connectivity index (χ2n) is 5.31. The Balaban J connectivity index is 1.90. The van der Waals surface area contributed by atoms with Crippen LogP contribution in [0.25, 0.3) is 0 Å². The van der Waals surface area contributed by atoms with Gasteiger partial charge < -0.3 is 10.0 Å². The number of aliphatic hydroxyl groups is 1. The van der Waals surface area contributed by atoms with Gasteiger partial charge >= 0.3 is 0 Å². The Labute approximate surface area is 121 Å². The monoisotopic (exact) mass is 269 g/mol. The minimum absolute atomic E-state index is 0.0983. The molecule has 106 valence electrons. The van der Waals surface area contributed by atoms with Crippen LogP contribution >= 0.6 is 0 Å².